The summed E-state index contributed by atoms with van der Waals surface area (Å²) in [6, 6.07) is 24.3. The lowest BCUT2D eigenvalue weighted by Gasteiger charge is -2.13. The highest BCUT2D eigenvalue weighted by atomic mass is 16.3. The van der Waals surface area contributed by atoms with Crippen LogP contribution < -0.4 is 5.69 Å². The van der Waals surface area contributed by atoms with Crippen molar-refractivity contribution >= 4 is 22.7 Å². The van der Waals surface area contributed by atoms with Gasteiger partial charge in [-0.25, -0.2) is 4.79 Å². The standard InChI is InChI=1S/C23H18N2O2/c1-16-11-13-17(14-12-16)22(26)15-21-19-9-5-6-10-20(19)24-23(27)25(21)18-7-3-2-4-8-18/h2-15,26H,1H3. The van der Waals surface area contributed by atoms with E-state index < -0.39 is 0 Å². The van der Waals surface area contributed by atoms with Gasteiger partial charge in [-0.2, -0.15) is 4.98 Å². The van der Waals surface area contributed by atoms with Crippen molar-refractivity contribution in [2.45, 2.75) is 6.92 Å². The first-order valence-electron chi connectivity index (χ1n) is 8.68. The van der Waals surface area contributed by atoms with Gasteiger partial charge in [0.25, 0.3) is 0 Å². The Labute approximate surface area is 156 Å². The van der Waals surface area contributed by atoms with Crippen LogP contribution in [0, 0.1) is 6.92 Å². The Balaban J connectivity index is 2.01. The van der Waals surface area contributed by atoms with Crippen LogP contribution in [0.15, 0.2) is 83.7 Å². The SMILES string of the molecule is Cc1ccc(C(O)=Cc2c3ccccc3nc(=O)n2-c2ccccc2)cc1. The van der Waals surface area contributed by atoms with Gasteiger partial charge in [0.2, 0.25) is 0 Å². The highest BCUT2D eigenvalue weighted by Crippen LogP contribution is 2.23. The Hall–Kier alpha value is -3.66. The third-order valence-corrected chi connectivity index (χ3v) is 4.46. The number of fused-ring (bicyclic) bond motifs is 1. The van der Waals surface area contributed by atoms with Gasteiger partial charge in [0, 0.05) is 17.0 Å². The summed E-state index contributed by atoms with van der Waals surface area (Å²) >= 11 is 0. The normalized spacial score (nSPS) is 11.7. The van der Waals surface area contributed by atoms with Gasteiger partial charge >= 0.3 is 5.69 Å². The van der Waals surface area contributed by atoms with Crippen molar-refractivity contribution in [1.82, 2.24) is 9.55 Å². The van der Waals surface area contributed by atoms with Gasteiger partial charge in [-0.15, -0.1) is 0 Å². The summed E-state index contributed by atoms with van der Waals surface area (Å²) in [4.78, 5) is 17.0. The summed E-state index contributed by atoms with van der Waals surface area (Å²) in [5.74, 6) is 0.0930. The van der Waals surface area contributed by atoms with Gasteiger partial charge < -0.3 is 5.11 Å². The van der Waals surface area contributed by atoms with Crippen LogP contribution in [0.3, 0.4) is 0 Å². The monoisotopic (exact) mass is 354 g/mol. The van der Waals surface area contributed by atoms with Gasteiger partial charge in [-0.3, -0.25) is 4.57 Å². The van der Waals surface area contributed by atoms with E-state index in [1.807, 2.05) is 79.7 Å². The number of hydrogen-bond donors (Lipinski definition) is 1. The molecule has 0 aliphatic rings. The van der Waals surface area contributed by atoms with E-state index in [2.05, 4.69) is 4.98 Å². The van der Waals surface area contributed by atoms with Gasteiger partial charge in [0.15, 0.2) is 0 Å². The lowest BCUT2D eigenvalue weighted by molar-refractivity contribution is 0.515. The number of rotatable bonds is 3. The summed E-state index contributed by atoms with van der Waals surface area (Å²) in [5.41, 5.74) is 3.30. The topological polar surface area (TPSA) is 55.1 Å². The molecular formula is C23H18N2O2. The Kier molecular flexibility index (Phi) is 4.30. The zero-order chi connectivity index (χ0) is 18.8. The average molecular weight is 354 g/mol. The summed E-state index contributed by atoms with van der Waals surface area (Å²) < 4.78 is 1.52. The number of hydrogen-bond acceptors (Lipinski definition) is 3. The van der Waals surface area contributed by atoms with Crippen LogP contribution in [0.4, 0.5) is 0 Å². The number of para-hydroxylation sites is 2. The van der Waals surface area contributed by atoms with Crippen molar-refractivity contribution in [2.75, 3.05) is 0 Å². The van der Waals surface area contributed by atoms with E-state index in [-0.39, 0.29) is 11.4 Å². The van der Waals surface area contributed by atoms with Gasteiger partial charge in [-0.1, -0.05) is 66.2 Å². The van der Waals surface area contributed by atoms with Crippen molar-refractivity contribution in [3.63, 3.8) is 0 Å². The Morgan fingerprint density at radius 3 is 2.33 bits per heavy atom. The van der Waals surface area contributed by atoms with E-state index in [4.69, 9.17) is 0 Å². The molecule has 0 aliphatic carbocycles. The lowest BCUT2D eigenvalue weighted by Crippen LogP contribution is -2.23. The van der Waals surface area contributed by atoms with Crippen molar-refractivity contribution in [2.24, 2.45) is 0 Å². The molecule has 3 aromatic carbocycles. The van der Waals surface area contributed by atoms with Crippen LogP contribution in [0.5, 0.6) is 0 Å². The van der Waals surface area contributed by atoms with Crippen LogP contribution >= 0.6 is 0 Å². The lowest BCUT2D eigenvalue weighted by atomic mass is 10.1. The van der Waals surface area contributed by atoms with E-state index in [1.165, 1.54) is 4.57 Å². The van der Waals surface area contributed by atoms with E-state index in [9.17, 15) is 9.90 Å². The minimum Gasteiger partial charge on any atom is -0.507 e. The molecule has 1 aromatic heterocycles. The molecule has 0 amide bonds. The molecule has 0 saturated heterocycles. The molecule has 4 nitrogen and oxygen atoms in total. The molecule has 0 unspecified atom stereocenters. The zero-order valence-corrected chi connectivity index (χ0v) is 14.8. The molecule has 0 fully saturated rings. The summed E-state index contributed by atoms with van der Waals surface area (Å²) in [5, 5.41) is 11.5. The summed E-state index contributed by atoms with van der Waals surface area (Å²) in [6.07, 6.45) is 1.63. The van der Waals surface area contributed by atoms with Gasteiger partial charge in [-0.05, 0) is 25.1 Å². The molecule has 1 N–H and O–H groups in total. The van der Waals surface area contributed by atoms with Crippen LogP contribution in [-0.4, -0.2) is 14.7 Å². The fourth-order valence-electron chi connectivity index (χ4n) is 3.07. The maximum atomic E-state index is 12.8. The molecule has 4 aromatic rings. The van der Waals surface area contributed by atoms with Crippen LogP contribution in [0.25, 0.3) is 28.4 Å². The molecule has 132 valence electrons. The molecule has 4 heteroatoms. The minimum atomic E-state index is -0.386. The quantitative estimate of drug-likeness (QED) is 0.540. The second-order valence-electron chi connectivity index (χ2n) is 6.36. The van der Waals surface area contributed by atoms with Crippen molar-refractivity contribution < 1.29 is 5.11 Å². The first kappa shape index (κ1) is 16.8. The van der Waals surface area contributed by atoms with E-state index in [0.29, 0.717) is 22.5 Å². The van der Waals surface area contributed by atoms with Crippen LogP contribution in [0.1, 0.15) is 16.8 Å². The molecular weight excluding hydrogens is 336 g/mol. The van der Waals surface area contributed by atoms with Crippen molar-refractivity contribution in [3.8, 4) is 5.69 Å². The highest BCUT2D eigenvalue weighted by molar-refractivity contribution is 5.91. The third kappa shape index (κ3) is 3.25. The highest BCUT2D eigenvalue weighted by Gasteiger charge is 2.12. The first-order chi connectivity index (χ1) is 13.1. The fraction of sp³-hybridized carbons (Fsp3) is 0.0435. The number of aliphatic hydroxyl groups excluding tert-OH is 1. The summed E-state index contributed by atoms with van der Waals surface area (Å²) in [6.45, 7) is 1.99. The number of benzene rings is 3. The zero-order valence-electron chi connectivity index (χ0n) is 14.8. The fourth-order valence-corrected chi connectivity index (χ4v) is 3.07. The molecule has 27 heavy (non-hydrogen) atoms. The van der Waals surface area contributed by atoms with E-state index >= 15 is 0 Å². The Bertz CT molecular complexity index is 1190. The van der Waals surface area contributed by atoms with Crippen molar-refractivity contribution in [3.05, 3.63) is 106 Å². The molecule has 0 spiro atoms. The molecule has 0 radical (unpaired) electrons. The van der Waals surface area contributed by atoms with E-state index in [1.54, 1.807) is 12.1 Å². The number of nitrogens with zero attached hydrogens (tertiary/aromatic N) is 2. The van der Waals surface area contributed by atoms with Gasteiger partial charge in [0.1, 0.15) is 5.76 Å². The molecule has 0 atom stereocenters. The predicted octanol–water partition coefficient (Wildman–Crippen LogP) is 4.75. The Morgan fingerprint density at radius 2 is 1.59 bits per heavy atom. The van der Waals surface area contributed by atoms with Crippen molar-refractivity contribution in [1.29, 1.82) is 0 Å². The second-order valence-corrected chi connectivity index (χ2v) is 6.36. The number of aliphatic hydroxyl groups is 1. The molecule has 0 bridgehead atoms. The number of aryl methyl sites for hydroxylation is 1. The van der Waals surface area contributed by atoms with Crippen LogP contribution in [-0.2, 0) is 0 Å². The predicted molar refractivity (Wildman–Crippen MR) is 109 cm³/mol. The van der Waals surface area contributed by atoms with E-state index in [0.717, 1.165) is 10.9 Å². The summed E-state index contributed by atoms with van der Waals surface area (Å²) in [7, 11) is 0. The maximum absolute atomic E-state index is 12.8. The minimum absolute atomic E-state index is 0.0930. The average Bonchev–Trinajstić information content (AvgIpc) is 2.69. The molecule has 1 heterocycles. The Morgan fingerprint density at radius 1 is 0.926 bits per heavy atom. The first-order valence-corrected chi connectivity index (χ1v) is 8.68. The smallest absolute Gasteiger partial charge is 0.353 e. The number of aromatic nitrogens is 2. The second kappa shape index (κ2) is 6.92. The molecule has 0 aliphatic heterocycles. The molecule has 4 rings (SSSR count). The third-order valence-electron chi connectivity index (χ3n) is 4.46. The van der Waals surface area contributed by atoms with Gasteiger partial charge in [0.05, 0.1) is 16.9 Å². The largest absolute Gasteiger partial charge is 0.507 e. The van der Waals surface area contributed by atoms with Crippen LogP contribution in [0.2, 0.25) is 0 Å². The molecule has 0 saturated carbocycles. The maximum Gasteiger partial charge on any atom is 0.353 e.